The number of amides is 2. The van der Waals surface area contributed by atoms with Crippen LogP contribution in [0.25, 0.3) is 0 Å². The lowest BCUT2D eigenvalue weighted by Gasteiger charge is -2.27. The molecule has 0 spiro atoms. The maximum Gasteiger partial charge on any atom is 0.319 e. The predicted molar refractivity (Wildman–Crippen MR) is 51.4 cm³/mol. The summed E-state index contributed by atoms with van der Waals surface area (Å²) in [5, 5.41) is 0. The van der Waals surface area contributed by atoms with Crippen LogP contribution in [-0.2, 0) is 0 Å². The van der Waals surface area contributed by atoms with Crippen LogP contribution < -0.4 is 10.6 Å². The summed E-state index contributed by atoms with van der Waals surface area (Å²) in [6, 6.07) is 7.40. The van der Waals surface area contributed by atoms with Gasteiger partial charge in [-0.25, -0.2) is 4.79 Å². The van der Waals surface area contributed by atoms with E-state index in [1.54, 1.807) is 4.90 Å². The Morgan fingerprint density at radius 3 is 2.92 bits per heavy atom. The molecule has 0 aromatic heterocycles. The summed E-state index contributed by atoms with van der Waals surface area (Å²) in [5.74, 6) is 0. The van der Waals surface area contributed by atoms with Crippen LogP contribution in [0.15, 0.2) is 24.3 Å². The molecule has 0 bridgehead atoms. The van der Waals surface area contributed by atoms with Gasteiger partial charge in [0.15, 0.2) is 0 Å². The minimum Gasteiger partial charge on any atom is -0.351 e. The normalized spacial score (nSPS) is 15.2. The van der Waals surface area contributed by atoms with Crippen LogP contribution in [0.1, 0.15) is 12.0 Å². The molecular formula is C10H11N2O. The summed E-state index contributed by atoms with van der Waals surface area (Å²) < 4.78 is 0. The van der Waals surface area contributed by atoms with Crippen LogP contribution in [0, 0.1) is 6.42 Å². The van der Waals surface area contributed by atoms with Crippen molar-refractivity contribution in [2.75, 3.05) is 11.4 Å². The average molecular weight is 175 g/mol. The quantitative estimate of drug-likeness (QED) is 0.638. The van der Waals surface area contributed by atoms with Crippen molar-refractivity contribution >= 4 is 11.7 Å². The highest BCUT2D eigenvalue weighted by Crippen LogP contribution is 2.27. The largest absolute Gasteiger partial charge is 0.351 e. The van der Waals surface area contributed by atoms with E-state index in [-0.39, 0.29) is 6.03 Å². The number of hydrogen-bond acceptors (Lipinski definition) is 1. The third-order valence-corrected chi connectivity index (χ3v) is 2.21. The Bertz CT molecular complexity index is 335. The van der Waals surface area contributed by atoms with E-state index in [1.165, 1.54) is 0 Å². The van der Waals surface area contributed by atoms with Gasteiger partial charge in [0, 0.05) is 12.2 Å². The Balaban J connectivity index is 2.42. The number of hydrogen-bond donors (Lipinski definition) is 1. The first kappa shape index (κ1) is 8.10. The smallest absolute Gasteiger partial charge is 0.319 e. The summed E-state index contributed by atoms with van der Waals surface area (Å²) >= 11 is 0. The zero-order valence-corrected chi connectivity index (χ0v) is 7.23. The molecule has 13 heavy (non-hydrogen) atoms. The number of benzene rings is 1. The Kier molecular flexibility index (Phi) is 1.93. The zero-order valence-electron chi connectivity index (χ0n) is 7.23. The average Bonchev–Trinajstić information content (AvgIpc) is 2.17. The van der Waals surface area contributed by atoms with Gasteiger partial charge in [0.05, 0.1) is 0 Å². The molecule has 1 heterocycles. The highest BCUT2D eigenvalue weighted by atomic mass is 16.2. The van der Waals surface area contributed by atoms with Crippen molar-refractivity contribution in [2.24, 2.45) is 5.73 Å². The fourth-order valence-corrected chi connectivity index (χ4v) is 1.60. The first-order valence-electron chi connectivity index (χ1n) is 4.28. The lowest BCUT2D eigenvalue weighted by Crippen LogP contribution is -2.38. The number of primary amides is 1. The number of nitrogens with two attached hydrogens (primary N) is 1. The molecule has 1 aliphatic rings. The molecule has 0 aliphatic carbocycles. The maximum absolute atomic E-state index is 11.1. The highest BCUT2D eigenvalue weighted by molar-refractivity contribution is 5.92. The molecule has 1 aliphatic heterocycles. The number of fused-ring (bicyclic) bond motifs is 1. The molecule has 0 fully saturated rings. The monoisotopic (exact) mass is 175 g/mol. The van der Waals surface area contributed by atoms with E-state index in [1.807, 2.05) is 24.3 Å². The molecule has 0 atom stereocenters. The van der Waals surface area contributed by atoms with E-state index < -0.39 is 0 Å². The Labute approximate surface area is 77.1 Å². The van der Waals surface area contributed by atoms with Crippen molar-refractivity contribution in [3.05, 3.63) is 36.2 Å². The summed E-state index contributed by atoms with van der Waals surface area (Å²) in [4.78, 5) is 12.7. The Hall–Kier alpha value is -1.51. The number of carbonyl (C=O) groups is 1. The minimum atomic E-state index is -0.374. The molecule has 0 saturated heterocycles. The second kappa shape index (κ2) is 3.09. The third kappa shape index (κ3) is 1.37. The number of rotatable bonds is 0. The topological polar surface area (TPSA) is 46.3 Å². The van der Waals surface area contributed by atoms with E-state index in [0.717, 1.165) is 17.7 Å². The Morgan fingerprint density at radius 1 is 1.38 bits per heavy atom. The Morgan fingerprint density at radius 2 is 2.15 bits per heavy atom. The van der Waals surface area contributed by atoms with Gasteiger partial charge >= 0.3 is 6.03 Å². The van der Waals surface area contributed by atoms with Crippen molar-refractivity contribution in [3.8, 4) is 0 Å². The summed E-state index contributed by atoms with van der Waals surface area (Å²) in [5.41, 5.74) is 7.26. The van der Waals surface area contributed by atoms with E-state index in [2.05, 4.69) is 6.42 Å². The number of para-hydroxylation sites is 1. The van der Waals surface area contributed by atoms with Crippen molar-refractivity contribution < 1.29 is 4.79 Å². The van der Waals surface area contributed by atoms with E-state index in [0.29, 0.717) is 6.54 Å². The zero-order chi connectivity index (χ0) is 9.26. The van der Waals surface area contributed by atoms with Gasteiger partial charge in [-0.1, -0.05) is 18.2 Å². The molecular weight excluding hydrogens is 164 g/mol. The van der Waals surface area contributed by atoms with E-state index >= 15 is 0 Å². The molecule has 2 rings (SSSR count). The summed E-state index contributed by atoms with van der Waals surface area (Å²) in [6.07, 6.45) is 2.99. The minimum absolute atomic E-state index is 0.374. The molecule has 1 radical (unpaired) electrons. The standard InChI is InChI=1S/C10H11N2O/c11-10(13)12-7-3-5-8-4-1-2-6-9(8)12/h1-2,4-6H,3,7H2,(H2,11,13). The fourth-order valence-electron chi connectivity index (χ4n) is 1.60. The number of urea groups is 1. The molecule has 1 aromatic rings. The van der Waals surface area contributed by atoms with Crippen LogP contribution in [0.2, 0.25) is 0 Å². The summed E-state index contributed by atoms with van der Waals surface area (Å²) in [6.45, 7) is 0.687. The number of carbonyl (C=O) groups excluding carboxylic acids is 1. The van der Waals surface area contributed by atoms with E-state index in [9.17, 15) is 4.79 Å². The molecule has 0 saturated carbocycles. The van der Waals surface area contributed by atoms with Crippen LogP contribution in [0.3, 0.4) is 0 Å². The second-order valence-electron chi connectivity index (χ2n) is 3.04. The van der Waals surface area contributed by atoms with Gasteiger partial charge in [-0.2, -0.15) is 0 Å². The van der Waals surface area contributed by atoms with Crippen molar-refractivity contribution in [3.63, 3.8) is 0 Å². The van der Waals surface area contributed by atoms with Gasteiger partial charge in [0.2, 0.25) is 0 Å². The van der Waals surface area contributed by atoms with Crippen LogP contribution in [0.4, 0.5) is 10.5 Å². The molecule has 3 nitrogen and oxygen atoms in total. The first-order chi connectivity index (χ1) is 6.29. The van der Waals surface area contributed by atoms with Gasteiger partial charge in [0.25, 0.3) is 0 Å². The van der Waals surface area contributed by atoms with Crippen molar-refractivity contribution in [1.82, 2.24) is 0 Å². The van der Waals surface area contributed by atoms with E-state index in [4.69, 9.17) is 5.73 Å². The number of nitrogens with zero attached hydrogens (tertiary/aromatic N) is 1. The lowest BCUT2D eigenvalue weighted by atomic mass is 10.0. The predicted octanol–water partition coefficient (Wildman–Crippen LogP) is 1.53. The van der Waals surface area contributed by atoms with Crippen molar-refractivity contribution in [1.29, 1.82) is 0 Å². The van der Waals surface area contributed by atoms with Gasteiger partial charge in [-0.05, 0) is 24.5 Å². The first-order valence-corrected chi connectivity index (χ1v) is 4.28. The molecule has 67 valence electrons. The molecule has 3 heteroatoms. The van der Waals surface area contributed by atoms with Crippen LogP contribution >= 0.6 is 0 Å². The lowest BCUT2D eigenvalue weighted by molar-refractivity contribution is 0.253. The molecule has 2 amide bonds. The highest BCUT2D eigenvalue weighted by Gasteiger charge is 2.19. The third-order valence-electron chi connectivity index (χ3n) is 2.21. The molecule has 2 N–H and O–H groups in total. The number of anilines is 1. The SMILES string of the molecule is NC(=O)N1CC[CH]c2ccccc21. The molecule has 0 unspecified atom stereocenters. The maximum atomic E-state index is 11.1. The fraction of sp³-hybridized carbons (Fsp3) is 0.200. The van der Waals surface area contributed by atoms with Crippen LogP contribution in [0.5, 0.6) is 0 Å². The van der Waals surface area contributed by atoms with Crippen molar-refractivity contribution in [2.45, 2.75) is 6.42 Å². The van der Waals surface area contributed by atoms with Gasteiger partial charge < -0.3 is 5.73 Å². The van der Waals surface area contributed by atoms with Gasteiger partial charge in [-0.15, -0.1) is 0 Å². The second-order valence-corrected chi connectivity index (χ2v) is 3.04. The summed E-state index contributed by atoms with van der Waals surface area (Å²) in [7, 11) is 0. The van der Waals surface area contributed by atoms with Gasteiger partial charge in [0.1, 0.15) is 0 Å². The molecule has 1 aromatic carbocycles. The van der Waals surface area contributed by atoms with Crippen LogP contribution in [-0.4, -0.2) is 12.6 Å². The van der Waals surface area contributed by atoms with Gasteiger partial charge in [-0.3, -0.25) is 4.90 Å².